The van der Waals surface area contributed by atoms with E-state index in [9.17, 15) is 0 Å². The van der Waals surface area contributed by atoms with Crippen LogP contribution in [0.25, 0.3) is 0 Å². The minimum atomic E-state index is -1.46. The summed E-state index contributed by atoms with van der Waals surface area (Å²) in [5, 5.41) is 0. The molecule has 0 saturated heterocycles. The molecule has 14 heavy (non-hydrogen) atoms. The molecule has 0 N–H and O–H groups in total. The maximum atomic E-state index is 6.19. The number of hydrogen-bond donors (Lipinski definition) is 0. The Balaban J connectivity index is 4.57. The van der Waals surface area contributed by atoms with Gasteiger partial charge in [-0.2, -0.15) is 0 Å². The summed E-state index contributed by atoms with van der Waals surface area (Å²) in [7, 11) is -1.46. The first-order chi connectivity index (χ1) is 6.67. The molecule has 0 atom stereocenters. The van der Waals surface area contributed by atoms with Gasteiger partial charge in [0.1, 0.15) is 0 Å². The van der Waals surface area contributed by atoms with E-state index in [2.05, 4.69) is 32.9 Å². The van der Waals surface area contributed by atoms with Gasteiger partial charge >= 0.3 is 98.9 Å². The van der Waals surface area contributed by atoms with E-state index < -0.39 is 8.32 Å². The fraction of sp³-hybridized carbons (Fsp3) is 0.636. The third-order valence-electron chi connectivity index (χ3n) is 2.88. The molecular formula is C11H21LiOSi. The van der Waals surface area contributed by atoms with E-state index in [0.29, 0.717) is 0 Å². The molecule has 0 fully saturated rings. The summed E-state index contributed by atoms with van der Waals surface area (Å²) in [6, 6.07) is 3.61. The van der Waals surface area contributed by atoms with Crippen LogP contribution >= 0.6 is 0 Å². The molecule has 0 bridgehead atoms. The van der Waals surface area contributed by atoms with Crippen molar-refractivity contribution in [1.29, 1.82) is 0 Å². The molecule has 0 aromatic heterocycles. The summed E-state index contributed by atoms with van der Waals surface area (Å²) in [5.74, 6) is 1.05. The predicted molar refractivity (Wildman–Crippen MR) is 66.9 cm³/mol. The Bertz CT molecular complexity index is 199. The molecular weight excluding hydrogens is 183 g/mol. The van der Waals surface area contributed by atoms with Gasteiger partial charge in [-0.1, -0.05) is 0 Å². The Labute approximate surface area is 98.9 Å². The molecule has 0 aliphatic heterocycles. The van der Waals surface area contributed by atoms with Crippen molar-refractivity contribution < 1.29 is 4.43 Å². The van der Waals surface area contributed by atoms with Crippen LogP contribution in [0.2, 0.25) is 18.1 Å². The van der Waals surface area contributed by atoms with Crippen LogP contribution in [-0.4, -0.2) is 26.0 Å². The summed E-state index contributed by atoms with van der Waals surface area (Å²) < 4.78 is 8.23. The van der Waals surface area contributed by atoms with E-state index in [-0.39, 0.29) is 0 Å². The molecule has 0 aliphatic rings. The van der Waals surface area contributed by atoms with Crippen molar-refractivity contribution in [1.82, 2.24) is 0 Å². The summed E-state index contributed by atoms with van der Waals surface area (Å²) in [6.45, 7) is 8.79. The van der Waals surface area contributed by atoms with E-state index >= 15 is 0 Å². The van der Waals surface area contributed by atoms with Crippen LogP contribution < -0.4 is 0 Å². The topological polar surface area (TPSA) is 9.23 Å². The molecule has 0 heterocycles. The van der Waals surface area contributed by atoms with Crippen LogP contribution in [0.3, 0.4) is 0 Å². The Hall–Kier alpha value is 0.0943. The minimum absolute atomic E-state index is 1.05. The summed E-state index contributed by atoms with van der Waals surface area (Å²) >= 11 is 2.03. The van der Waals surface area contributed by atoms with Gasteiger partial charge in [0.2, 0.25) is 0 Å². The van der Waals surface area contributed by atoms with Crippen molar-refractivity contribution in [3.8, 4) is 0 Å². The third kappa shape index (κ3) is 4.08. The average molecular weight is 204 g/mol. The molecule has 1 nitrogen and oxygen atoms in total. The normalized spacial score (nSPS) is 13.7. The zero-order valence-corrected chi connectivity index (χ0v) is 11.3. The summed E-state index contributed by atoms with van der Waals surface area (Å²) in [6.07, 6.45) is 4.12. The van der Waals surface area contributed by atoms with Crippen molar-refractivity contribution in [3.05, 3.63) is 22.7 Å². The molecule has 0 unspecified atom stereocenters. The van der Waals surface area contributed by atoms with Gasteiger partial charge < -0.3 is 0 Å². The van der Waals surface area contributed by atoms with E-state index in [1.54, 1.807) is 0 Å². The molecule has 0 aromatic rings. The molecule has 0 amide bonds. The third-order valence-corrected chi connectivity index (χ3v) is 7.42. The first-order valence-electron chi connectivity index (χ1n) is 5.66. The first kappa shape index (κ1) is 14.1. The van der Waals surface area contributed by atoms with Gasteiger partial charge in [0, 0.05) is 0 Å². The van der Waals surface area contributed by atoms with Crippen LogP contribution in [-0.2, 0) is 4.43 Å². The van der Waals surface area contributed by atoms with Crippen molar-refractivity contribution >= 4 is 26.0 Å². The number of hydrogen-bond acceptors (Lipinski definition) is 1. The predicted octanol–water partition coefficient (Wildman–Crippen LogP) is 3.59. The van der Waals surface area contributed by atoms with E-state index in [4.69, 9.17) is 4.43 Å². The van der Waals surface area contributed by atoms with E-state index in [1.807, 2.05) is 29.4 Å². The Morgan fingerprint density at radius 1 is 1.21 bits per heavy atom. The van der Waals surface area contributed by atoms with Gasteiger partial charge in [-0.05, 0) is 0 Å². The second kappa shape index (κ2) is 7.39. The Morgan fingerprint density at radius 2 is 1.71 bits per heavy atom. The van der Waals surface area contributed by atoms with E-state index in [1.165, 1.54) is 18.1 Å². The van der Waals surface area contributed by atoms with Gasteiger partial charge in [-0.25, -0.2) is 0 Å². The Kier molecular flexibility index (Phi) is 7.44. The quantitative estimate of drug-likeness (QED) is 0.365. The molecule has 0 radical (unpaired) electrons. The monoisotopic (exact) mass is 204 g/mol. The van der Waals surface area contributed by atoms with Crippen LogP contribution in [0.1, 0.15) is 27.7 Å². The van der Waals surface area contributed by atoms with Gasteiger partial charge in [0.05, 0.1) is 0 Å². The fourth-order valence-electron chi connectivity index (χ4n) is 1.57. The standard InChI is InChI=1S/C11H21OSi.Li/c1-6-11(7-2)12-13(8-3,9-4)10-5;/h1,6-7H,8-10H2,2-5H3;/b6-1?,11-7-;. The molecule has 76 valence electrons. The summed E-state index contributed by atoms with van der Waals surface area (Å²) in [4.78, 5) is 0. The van der Waals surface area contributed by atoms with Crippen molar-refractivity contribution in [2.24, 2.45) is 0 Å². The van der Waals surface area contributed by atoms with Gasteiger partial charge in [0.25, 0.3) is 0 Å². The van der Waals surface area contributed by atoms with Gasteiger partial charge in [-0.15, -0.1) is 0 Å². The molecule has 3 heteroatoms. The molecule has 0 aromatic carbocycles. The van der Waals surface area contributed by atoms with E-state index in [0.717, 1.165) is 5.76 Å². The van der Waals surface area contributed by atoms with Crippen molar-refractivity contribution in [2.75, 3.05) is 0 Å². The Morgan fingerprint density at radius 3 is 2.00 bits per heavy atom. The SMILES string of the molecule is [Li]/[CH]=C/C(=C/C)O[Si](CC)(CC)CC. The molecule has 0 spiro atoms. The second-order valence-electron chi connectivity index (χ2n) is 3.54. The number of rotatable bonds is 6. The summed E-state index contributed by atoms with van der Waals surface area (Å²) in [5.41, 5.74) is 0. The van der Waals surface area contributed by atoms with Gasteiger partial charge in [0.15, 0.2) is 0 Å². The van der Waals surface area contributed by atoms with Crippen LogP contribution in [0.4, 0.5) is 0 Å². The molecule has 0 aliphatic carbocycles. The second-order valence-corrected chi connectivity index (χ2v) is 8.23. The first-order valence-corrected chi connectivity index (χ1v) is 8.19. The maximum absolute atomic E-state index is 6.19. The van der Waals surface area contributed by atoms with Crippen LogP contribution in [0.15, 0.2) is 22.7 Å². The molecule has 0 saturated carbocycles. The molecule has 0 rings (SSSR count). The zero-order valence-electron chi connectivity index (χ0n) is 10.3. The van der Waals surface area contributed by atoms with Crippen molar-refractivity contribution in [3.63, 3.8) is 0 Å². The van der Waals surface area contributed by atoms with Crippen LogP contribution in [0, 0.1) is 0 Å². The number of allylic oxidation sites excluding steroid dienone is 2. The fourth-order valence-corrected chi connectivity index (χ4v) is 4.19. The van der Waals surface area contributed by atoms with Crippen molar-refractivity contribution in [2.45, 2.75) is 45.8 Å². The van der Waals surface area contributed by atoms with Gasteiger partial charge in [-0.3, -0.25) is 0 Å². The average Bonchev–Trinajstić information content (AvgIpc) is 2.25. The van der Waals surface area contributed by atoms with Crippen LogP contribution in [0.5, 0.6) is 0 Å². The zero-order chi connectivity index (χ0) is 11.0.